The summed E-state index contributed by atoms with van der Waals surface area (Å²) in [5.74, 6) is -0.437. The van der Waals surface area contributed by atoms with Gasteiger partial charge in [-0.2, -0.15) is 0 Å². The van der Waals surface area contributed by atoms with Gasteiger partial charge in [-0.3, -0.25) is 4.79 Å². The van der Waals surface area contributed by atoms with Crippen LogP contribution in [0.15, 0.2) is 18.2 Å². The smallest absolute Gasteiger partial charge is 0.253 e. The zero-order valence-electron chi connectivity index (χ0n) is 11.3. The van der Waals surface area contributed by atoms with E-state index in [1.54, 1.807) is 24.0 Å². The fourth-order valence-electron chi connectivity index (χ4n) is 2.27. The molecule has 1 unspecified atom stereocenters. The van der Waals surface area contributed by atoms with Gasteiger partial charge in [0.05, 0.1) is 0 Å². The van der Waals surface area contributed by atoms with E-state index >= 15 is 0 Å². The molecule has 2 rings (SSSR count). The highest BCUT2D eigenvalue weighted by atomic mass is 35.5. The quantitative estimate of drug-likeness (QED) is 0.907. The van der Waals surface area contributed by atoms with E-state index in [2.05, 4.69) is 6.92 Å². The molecule has 0 bridgehead atoms. The average molecular weight is 287 g/mol. The van der Waals surface area contributed by atoms with Crippen molar-refractivity contribution in [2.24, 2.45) is 11.1 Å². The van der Waals surface area contributed by atoms with Crippen molar-refractivity contribution >= 4 is 18.3 Å². The molecule has 1 aliphatic rings. The third kappa shape index (κ3) is 3.25. The van der Waals surface area contributed by atoms with Crippen LogP contribution in [0.3, 0.4) is 0 Å². The number of hydrogen-bond acceptors (Lipinski definition) is 2. The number of nitrogens with zero attached hydrogens (tertiary/aromatic N) is 1. The van der Waals surface area contributed by atoms with E-state index in [0.29, 0.717) is 30.8 Å². The van der Waals surface area contributed by atoms with Gasteiger partial charge in [0.1, 0.15) is 5.82 Å². The molecule has 5 heteroatoms. The highest BCUT2D eigenvalue weighted by Crippen LogP contribution is 2.29. The Morgan fingerprint density at radius 3 is 2.74 bits per heavy atom. The lowest BCUT2D eigenvalue weighted by Gasteiger charge is -2.22. The van der Waals surface area contributed by atoms with Crippen molar-refractivity contribution in [2.75, 3.05) is 19.6 Å². The summed E-state index contributed by atoms with van der Waals surface area (Å²) in [6, 6.07) is 4.63. The Morgan fingerprint density at radius 2 is 2.21 bits per heavy atom. The van der Waals surface area contributed by atoms with Gasteiger partial charge in [0.2, 0.25) is 0 Å². The summed E-state index contributed by atoms with van der Waals surface area (Å²) >= 11 is 0. The van der Waals surface area contributed by atoms with E-state index in [4.69, 9.17) is 5.73 Å². The van der Waals surface area contributed by atoms with E-state index in [1.165, 1.54) is 6.07 Å². The molecule has 3 nitrogen and oxygen atoms in total. The number of hydrogen-bond donors (Lipinski definition) is 1. The van der Waals surface area contributed by atoms with Gasteiger partial charge < -0.3 is 10.6 Å². The van der Waals surface area contributed by atoms with Crippen LogP contribution in [0.25, 0.3) is 0 Å². The number of benzene rings is 1. The minimum Gasteiger partial charge on any atom is -0.338 e. The van der Waals surface area contributed by atoms with E-state index in [1.807, 2.05) is 0 Å². The van der Waals surface area contributed by atoms with Gasteiger partial charge >= 0.3 is 0 Å². The average Bonchev–Trinajstić information content (AvgIpc) is 2.75. The summed E-state index contributed by atoms with van der Waals surface area (Å²) in [4.78, 5) is 14.0. The molecule has 0 aromatic heterocycles. The number of amides is 1. The molecule has 1 aliphatic heterocycles. The summed E-state index contributed by atoms with van der Waals surface area (Å²) in [6.07, 6.45) is 0.906. The molecular formula is C14H20ClFN2O. The molecule has 19 heavy (non-hydrogen) atoms. The molecule has 0 aliphatic carbocycles. The van der Waals surface area contributed by atoms with E-state index < -0.39 is 0 Å². The summed E-state index contributed by atoms with van der Waals surface area (Å²) in [5, 5.41) is 0. The van der Waals surface area contributed by atoms with Gasteiger partial charge in [-0.15, -0.1) is 12.4 Å². The first-order valence-corrected chi connectivity index (χ1v) is 6.21. The number of carbonyl (C=O) groups is 1. The molecule has 1 fully saturated rings. The van der Waals surface area contributed by atoms with Gasteiger partial charge in [-0.25, -0.2) is 4.39 Å². The topological polar surface area (TPSA) is 46.3 Å². The Labute approximate surface area is 119 Å². The van der Waals surface area contributed by atoms with Crippen molar-refractivity contribution in [3.05, 3.63) is 35.1 Å². The maximum atomic E-state index is 13.5. The van der Waals surface area contributed by atoms with E-state index in [-0.39, 0.29) is 29.5 Å². The standard InChI is InChI=1S/C14H19FN2O.ClH/c1-10-3-4-11(7-12(10)15)13(18)17-6-5-14(2,8-16)9-17;/h3-4,7H,5-6,8-9,16H2,1-2H3;1H. The highest BCUT2D eigenvalue weighted by Gasteiger charge is 2.35. The van der Waals surface area contributed by atoms with Gasteiger partial charge in [0, 0.05) is 18.7 Å². The molecule has 0 spiro atoms. The van der Waals surface area contributed by atoms with Crippen LogP contribution in [-0.4, -0.2) is 30.4 Å². The summed E-state index contributed by atoms with van der Waals surface area (Å²) in [5.41, 5.74) is 6.69. The Hall–Kier alpha value is -1.13. The maximum absolute atomic E-state index is 13.5. The zero-order valence-corrected chi connectivity index (χ0v) is 12.1. The number of aryl methyl sites for hydroxylation is 1. The Morgan fingerprint density at radius 1 is 1.53 bits per heavy atom. The fraction of sp³-hybridized carbons (Fsp3) is 0.500. The van der Waals surface area contributed by atoms with Gasteiger partial charge in [-0.1, -0.05) is 13.0 Å². The predicted octanol–water partition coefficient (Wildman–Crippen LogP) is 2.37. The second kappa shape index (κ2) is 5.88. The zero-order chi connectivity index (χ0) is 13.3. The van der Waals surface area contributed by atoms with Crippen LogP contribution in [0.5, 0.6) is 0 Å². The van der Waals surface area contributed by atoms with Crippen LogP contribution in [-0.2, 0) is 0 Å². The largest absolute Gasteiger partial charge is 0.338 e. The molecule has 2 N–H and O–H groups in total. The van der Waals surface area contributed by atoms with Gasteiger partial charge in [0.15, 0.2) is 0 Å². The lowest BCUT2D eigenvalue weighted by atomic mass is 9.90. The first-order chi connectivity index (χ1) is 8.45. The van der Waals surface area contributed by atoms with Crippen molar-refractivity contribution in [1.82, 2.24) is 4.90 Å². The second-order valence-corrected chi connectivity index (χ2v) is 5.46. The van der Waals surface area contributed by atoms with Crippen molar-refractivity contribution < 1.29 is 9.18 Å². The molecule has 1 atom stereocenters. The molecule has 1 aromatic rings. The van der Waals surface area contributed by atoms with Crippen LogP contribution in [0, 0.1) is 18.2 Å². The normalized spacial score (nSPS) is 22.2. The van der Waals surface area contributed by atoms with Crippen LogP contribution in [0.1, 0.15) is 29.3 Å². The van der Waals surface area contributed by atoms with Crippen molar-refractivity contribution in [3.63, 3.8) is 0 Å². The summed E-state index contributed by atoms with van der Waals surface area (Å²) in [7, 11) is 0. The van der Waals surface area contributed by atoms with Crippen molar-refractivity contribution in [1.29, 1.82) is 0 Å². The third-order valence-electron chi connectivity index (χ3n) is 3.76. The Kier molecular flexibility index (Phi) is 4.93. The molecule has 1 amide bonds. The first kappa shape index (κ1) is 15.9. The molecule has 1 aromatic carbocycles. The van der Waals surface area contributed by atoms with Crippen LogP contribution in [0.4, 0.5) is 4.39 Å². The van der Waals surface area contributed by atoms with Crippen molar-refractivity contribution in [2.45, 2.75) is 20.3 Å². The number of rotatable bonds is 2. The molecule has 0 saturated carbocycles. The lowest BCUT2D eigenvalue weighted by Crippen LogP contribution is -2.34. The second-order valence-electron chi connectivity index (χ2n) is 5.46. The van der Waals surface area contributed by atoms with Gasteiger partial charge in [0.25, 0.3) is 5.91 Å². The maximum Gasteiger partial charge on any atom is 0.253 e. The predicted molar refractivity (Wildman–Crippen MR) is 76.1 cm³/mol. The Bertz CT molecular complexity index is 481. The Balaban J connectivity index is 0.00000180. The molecule has 1 saturated heterocycles. The third-order valence-corrected chi connectivity index (χ3v) is 3.76. The summed E-state index contributed by atoms with van der Waals surface area (Å²) in [6.45, 7) is 5.68. The minimum absolute atomic E-state index is 0. The molecule has 106 valence electrons. The molecule has 1 heterocycles. The van der Waals surface area contributed by atoms with Crippen LogP contribution in [0.2, 0.25) is 0 Å². The number of likely N-dealkylation sites (tertiary alicyclic amines) is 1. The minimum atomic E-state index is -0.332. The van der Waals surface area contributed by atoms with Crippen LogP contribution >= 0.6 is 12.4 Å². The summed E-state index contributed by atoms with van der Waals surface area (Å²) < 4.78 is 13.5. The number of nitrogens with two attached hydrogens (primary N) is 1. The molecule has 0 radical (unpaired) electrons. The highest BCUT2D eigenvalue weighted by molar-refractivity contribution is 5.94. The number of halogens is 2. The van der Waals surface area contributed by atoms with Gasteiger partial charge in [-0.05, 0) is 43.0 Å². The van der Waals surface area contributed by atoms with E-state index in [9.17, 15) is 9.18 Å². The number of carbonyl (C=O) groups excluding carboxylic acids is 1. The fourth-order valence-corrected chi connectivity index (χ4v) is 2.27. The monoisotopic (exact) mass is 286 g/mol. The first-order valence-electron chi connectivity index (χ1n) is 6.21. The van der Waals surface area contributed by atoms with Crippen LogP contribution < -0.4 is 5.73 Å². The molecular weight excluding hydrogens is 267 g/mol. The SMILES string of the molecule is Cc1ccc(C(=O)N2CCC(C)(CN)C2)cc1F.Cl. The van der Waals surface area contributed by atoms with Crippen molar-refractivity contribution in [3.8, 4) is 0 Å². The lowest BCUT2D eigenvalue weighted by molar-refractivity contribution is 0.0776. The van der Waals surface area contributed by atoms with E-state index in [0.717, 1.165) is 6.42 Å².